The zero-order valence-electron chi connectivity index (χ0n) is 11.2. The van der Waals surface area contributed by atoms with Crippen molar-refractivity contribution in [3.8, 4) is 0 Å². The van der Waals surface area contributed by atoms with Crippen molar-refractivity contribution in [2.45, 2.75) is 18.5 Å². The Labute approximate surface area is 116 Å². The number of hydrogen-bond acceptors (Lipinski definition) is 6. The molecule has 3 N–H and O–H groups in total. The van der Waals surface area contributed by atoms with Gasteiger partial charge in [-0.1, -0.05) is 0 Å². The largest absolute Gasteiger partial charge is 0.480 e. The van der Waals surface area contributed by atoms with Gasteiger partial charge in [0.15, 0.2) is 0 Å². The molecule has 2 heterocycles. The van der Waals surface area contributed by atoms with E-state index in [-0.39, 0.29) is 0 Å². The molecule has 0 bridgehead atoms. The van der Waals surface area contributed by atoms with E-state index in [4.69, 9.17) is 10.8 Å². The third-order valence-electron chi connectivity index (χ3n) is 3.54. The van der Waals surface area contributed by atoms with E-state index in [0.717, 1.165) is 31.1 Å². The molecule has 0 amide bonds. The summed E-state index contributed by atoms with van der Waals surface area (Å²) in [5.74, 6) is -1.04. The van der Waals surface area contributed by atoms with Gasteiger partial charge in [-0.05, 0) is 14.1 Å². The fourth-order valence-electron chi connectivity index (χ4n) is 2.21. The van der Waals surface area contributed by atoms with Gasteiger partial charge in [0.05, 0.1) is 10.7 Å². The highest BCUT2D eigenvalue weighted by Gasteiger charge is 2.24. The van der Waals surface area contributed by atoms with E-state index in [1.165, 1.54) is 11.3 Å². The van der Waals surface area contributed by atoms with Crippen LogP contribution in [0.4, 0.5) is 0 Å². The van der Waals surface area contributed by atoms with Gasteiger partial charge in [0, 0.05) is 37.5 Å². The van der Waals surface area contributed by atoms with Crippen molar-refractivity contribution in [1.29, 1.82) is 0 Å². The molecule has 7 heteroatoms. The fourth-order valence-corrected chi connectivity index (χ4v) is 3.11. The summed E-state index contributed by atoms with van der Waals surface area (Å²) < 4.78 is 0. The zero-order chi connectivity index (χ0) is 14.0. The second-order valence-corrected chi connectivity index (χ2v) is 6.03. The quantitative estimate of drug-likeness (QED) is 0.811. The average Bonchev–Trinajstić information content (AvgIpc) is 2.81. The number of carbonyl (C=O) groups is 1. The summed E-state index contributed by atoms with van der Waals surface area (Å²) >= 11 is 1.49. The van der Waals surface area contributed by atoms with Crippen LogP contribution in [-0.4, -0.2) is 65.6 Å². The minimum Gasteiger partial charge on any atom is -0.480 e. The predicted octanol–water partition coefficient (Wildman–Crippen LogP) is 0.0158. The Morgan fingerprint density at radius 3 is 3.05 bits per heavy atom. The van der Waals surface area contributed by atoms with Crippen LogP contribution >= 0.6 is 11.3 Å². The molecule has 6 nitrogen and oxygen atoms in total. The van der Waals surface area contributed by atoms with Crippen LogP contribution in [0, 0.1) is 0 Å². The third-order valence-corrected chi connectivity index (χ3v) is 4.43. The number of hydrogen-bond donors (Lipinski definition) is 2. The minimum absolute atomic E-state index is 0.429. The van der Waals surface area contributed by atoms with E-state index in [9.17, 15) is 4.79 Å². The molecule has 0 radical (unpaired) electrons. The van der Waals surface area contributed by atoms with Crippen molar-refractivity contribution in [2.24, 2.45) is 5.73 Å². The Bertz CT molecular complexity index is 451. The molecule has 1 saturated heterocycles. The van der Waals surface area contributed by atoms with Crippen LogP contribution in [0.25, 0.3) is 0 Å². The smallest absolute Gasteiger partial charge is 0.326 e. The van der Waals surface area contributed by atoms with E-state index >= 15 is 0 Å². The summed E-state index contributed by atoms with van der Waals surface area (Å²) in [4.78, 5) is 19.8. The molecular formula is C12H20N4O2S. The van der Waals surface area contributed by atoms with E-state index in [1.807, 2.05) is 0 Å². The number of piperazine rings is 1. The third kappa shape index (κ3) is 3.50. The summed E-state index contributed by atoms with van der Waals surface area (Å²) in [6.45, 7) is 3.14. The van der Waals surface area contributed by atoms with Gasteiger partial charge in [0.1, 0.15) is 6.04 Å². The van der Waals surface area contributed by atoms with E-state index in [2.05, 4.69) is 28.9 Å². The maximum Gasteiger partial charge on any atom is 0.326 e. The standard InChI is InChI=1S/C12H20N4O2S/c1-15-3-4-16(2)8(6-15)5-10-14-9(7-19-10)11(13)12(17)18/h7-8,11H,3-6,13H2,1-2H3,(H,17,18). The lowest BCUT2D eigenvalue weighted by atomic mass is 10.1. The van der Waals surface area contributed by atoms with Crippen LogP contribution in [0.1, 0.15) is 16.7 Å². The molecule has 2 atom stereocenters. The van der Waals surface area contributed by atoms with Gasteiger partial charge in [-0.25, -0.2) is 4.98 Å². The highest BCUT2D eigenvalue weighted by atomic mass is 32.1. The predicted molar refractivity (Wildman–Crippen MR) is 74.3 cm³/mol. The first-order chi connectivity index (χ1) is 8.97. The number of likely N-dealkylation sites (N-methyl/N-ethyl adjacent to an activating group) is 2. The Hall–Kier alpha value is -1.02. The van der Waals surface area contributed by atoms with Crippen LogP contribution in [0.3, 0.4) is 0 Å². The molecule has 1 aromatic rings. The van der Waals surface area contributed by atoms with Gasteiger partial charge in [0.2, 0.25) is 0 Å². The van der Waals surface area contributed by atoms with Gasteiger partial charge in [-0.15, -0.1) is 11.3 Å². The zero-order valence-corrected chi connectivity index (χ0v) is 12.1. The van der Waals surface area contributed by atoms with E-state index in [1.54, 1.807) is 5.38 Å². The van der Waals surface area contributed by atoms with Crippen molar-refractivity contribution >= 4 is 17.3 Å². The molecule has 106 valence electrons. The van der Waals surface area contributed by atoms with Crippen LogP contribution in [-0.2, 0) is 11.2 Å². The second kappa shape index (κ2) is 5.96. The normalized spacial score (nSPS) is 23.4. The van der Waals surface area contributed by atoms with Crippen LogP contribution in [0.2, 0.25) is 0 Å². The first kappa shape index (κ1) is 14.4. The Morgan fingerprint density at radius 2 is 2.37 bits per heavy atom. The van der Waals surface area contributed by atoms with Gasteiger partial charge in [-0.2, -0.15) is 0 Å². The van der Waals surface area contributed by atoms with Crippen molar-refractivity contribution < 1.29 is 9.90 Å². The highest BCUT2D eigenvalue weighted by molar-refractivity contribution is 7.09. The highest BCUT2D eigenvalue weighted by Crippen LogP contribution is 2.19. The van der Waals surface area contributed by atoms with E-state index in [0.29, 0.717) is 11.7 Å². The molecule has 0 spiro atoms. The Balaban J connectivity index is 2.01. The topological polar surface area (TPSA) is 82.7 Å². The Morgan fingerprint density at radius 1 is 1.63 bits per heavy atom. The summed E-state index contributed by atoms with van der Waals surface area (Å²) in [5, 5.41) is 11.6. The van der Waals surface area contributed by atoms with Crippen LogP contribution in [0.15, 0.2) is 5.38 Å². The number of carboxylic acids is 1. The molecule has 1 fully saturated rings. The number of thiazole rings is 1. The van der Waals surface area contributed by atoms with Crippen molar-refractivity contribution in [2.75, 3.05) is 33.7 Å². The molecule has 1 aliphatic heterocycles. The van der Waals surface area contributed by atoms with Crippen LogP contribution < -0.4 is 5.73 Å². The lowest BCUT2D eigenvalue weighted by Crippen LogP contribution is -2.50. The molecular weight excluding hydrogens is 264 g/mol. The maximum atomic E-state index is 10.8. The fraction of sp³-hybridized carbons (Fsp3) is 0.667. The lowest BCUT2D eigenvalue weighted by molar-refractivity contribution is -0.138. The average molecular weight is 284 g/mol. The van der Waals surface area contributed by atoms with Crippen molar-refractivity contribution in [3.05, 3.63) is 16.1 Å². The van der Waals surface area contributed by atoms with Crippen LogP contribution in [0.5, 0.6) is 0 Å². The molecule has 2 rings (SSSR count). The van der Waals surface area contributed by atoms with Gasteiger partial charge in [0.25, 0.3) is 0 Å². The number of nitrogens with two attached hydrogens (primary N) is 1. The summed E-state index contributed by atoms with van der Waals surface area (Å²) in [7, 11) is 4.24. The Kier molecular flexibility index (Phi) is 4.51. The molecule has 0 aromatic carbocycles. The monoisotopic (exact) mass is 284 g/mol. The second-order valence-electron chi connectivity index (χ2n) is 5.08. The summed E-state index contributed by atoms with van der Waals surface area (Å²) in [5.41, 5.74) is 6.02. The molecule has 2 unspecified atom stereocenters. The number of carboxylic acid groups (broad SMARTS) is 1. The minimum atomic E-state index is -1.04. The van der Waals surface area contributed by atoms with Gasteiger partial charge >= 0.3 is 5.97 Å². The van der Waals surface area contributed by atoms with Crippen molar-refractivity contribution in [3.63, 3.8) is 0 Å². The summed E-state index contributed by atoms with van der Waals surface area (Å²) in [6, 6.07) is -0.587. The van der Waals surface area contributed by atoms with Gasteiger partial charge < -0.3 is 20.6 Å². The lowest BCUT2D eigenvalue weighted by Gasteiger charge is -2.37. The maximum absolute atomic E-state index is 10.8. The first-order valence-electron chi connectivity index (χ1n) is 6.29. The van der Waals surface area contributed by atoms with Crippen molar-refractivity contribution in [1.82, 2.24) is 14.8 Å². The molecule has 0 saturated carbocycles. The SMILES string of the molecule is CN1CCN(C)C(Cc2nc(C(N)C(=O)O)cs2)C1. The molecule has 1 aromatic heterocycles. The van der Waals surface area contributed by atoms with E-state index < -0.39 is 12.0 Å². The summed E-state index contributed by atoms with van der Waals surface area (Å²) in [6.07, 6.45) is 0.845. The number of aromatic nitrogens is 1. The first-order valence-corrected chi connectivity index (χ1v) is 7.17. The number of nitrogens with zero attached hydrogens (tertiary/aromatic N) is 3. The number of rotatable bonds is 4. The molecule has 0 aliphatic carbocycles. The molecule has 19 heavy (non-hydrogen) atoms. The van der Waals surface area contributed by atoms with Gasteiger partial charge in [-0.3, -0.25) is 4.79 Å². The number of aliphatic carboxylic acids is 1. The molecule has 1 aliphatic rings.